The van der Waals surface area contributed by atoms with Crippen molar-refractivity contribution in [2.75, 3.05) is 0 Å². The first-order chi connectivity index (χ1) is 15.9. The minimum Gasteiger partial charge on any atom is -0.368 e. The van der Waals surface area contributed by atoms with Gasteiger partial charge in [-0.3, -0.25) is 14.6 Å². The fourth-order valence-electron chi connectivity index (χ4n) is 5.88. The van der Waals surface area contributed by atoms with E-state index in [4.69, 9.17) is 5.73 Å². The Kier molecular flexibility index (Phi) is 5.00. The van der Waals surface area contributed by atoms with Crippen molar-refractivity contribution in [1.82, 2.24) is 9.88 Å². The van der Waals surface area contributed by atoms with Crippen LogP contribution in [0.15, 0.2) is 30.5 Å². The monoisotopic (exact) mass is 479 g/mol. The quantitative estimate of drug-likeness (QED) is 0.649. The minimum absolute atomic E-state index is 0.142. The lowest BCUT2D eigenvalue weighted by Crippen LogP contribution is -2.53. The number of rotatable bonds is 5. The van der Waals surface area contributed by atoms with Crippen LogP contribution >= 0.6 is 0 Å². The summed E-state index contributed by atoms with van der Waals surface area (Å²) in [6, 6.07) is 2.92. The van der Waals surface area contributed by atoms with Crippen LogP contribution in [0, 0.1) is 30.4 Å². The largest absolute Gasteiger partial charge is 0.419 e. The lowest BCUT2D eigenvalue weighted by molar-refractivity contribution is -0.140. The third-order valence-electron chi connectivity index (χ3n) is 7.44. The molecule has 2 aliphatic carbocycles. The zero-order valence-corrected chi connectivity index (χ0v) is 18.2. The maximum atomic E-state index is 15.1. The molecule has 2 N–H and O–H groups in total. The van der Waals surface area contributed by atoms with Crippen LogP contribution in [0.1, 0.15) is 58.8 Å². The van der Waals surface area contributed by atoms with Gasteiger partial charge in [0.1, 0.15) is 17.7 Å². The number of nitrogens with two attached hydrogens (primary N) is 1. The molecule has 3 fully saturated rings. The average Bonchev–Trinajstić information content (AvgIpc) is 3.67. The van der Waals surface area contributed by atoms with Gasteiger partial charge in [0.25, 0.3) is 5.91 Å². The molecule has 10 heteroatoms. The Morgan fingerprint density at radius 2 is 1.88 bits per heavy atom. The van der Waals surface area contributed by atoms with Gasteiger partial charge in [-0.05, 0) is 74.3 Å². The van der Waals surface area contributed by atoms with Crippen molar-refractivity contribution >= 4 is 11.8 Å². The van der Waals surface area contributed by atoms with Crippen molar-refractivity contribution < 1.29 is 31.5 Å². The molecule has 180 valence electrons. The Hall–Kier alpha value is -3.04. The molecule has 1 saturated heterocycles. The van der Waals surface area contributed by atoms with Gasteiger partial charge in [0.2, 0.25) is 5.91 Å². The second-order valence-electron chi connectivity index (χ2n) is 9.57. The summed E-state index contributed by atoms with van der Waals surface area (Å²) in [5.74, 6) is -4.99. The number of carbonyl (C=O) groups excluding carboxylic acids is 2. The number of hydrogen-bond acceptors (Lipinski definition) is 3. The Bertz CT molecular complexity index is 1200. The van der Waals surface area contributed by atoms with Crippen molar-refractivity contribution in [3.63, 3.8) is 0 Å². The van der Waals surface area contributed by atoms with Crippen molar-refractivity contribution in [3.05, 3.63) is 64.5 Å². The number of nitrogens with zero attached hydrogens (tertiary/aromatic N) is 2. The first kappa shape index (κ1) is 22.7. The molecule has 2 aromatic rings. The summed E-state index contributed by atoms with van der Waals surface area (Å²) in [5.41, 5.74) is 3.61. The number of primary amides is 1. The van der Waals surface area contributed by atoms with Gasteiger partial charge in [0.15, 0.2) is 0 Å². The van der Waals surface area contributed by atoms with Crippen LogP contribution < -0.4 is 5.73 Å². The summed E-state index contributed by atoms with van der Waals surface area (Å²) >= 11 is 0. The number of amides is 2. The first-order valence-electron chi connectivity index (χ1n) is 11.1. The molecule has 5 nitrogen and oxygen atoms in total. The van der Waals surface area contributed by atoms with E-state index >= 15 is 4.39 Å². The zero-order valence-electron chi connectivity index (χ0n) is 18.2. The van der Waals surface area contributed by atoms with Crippen molar-refractivity contribution in [3.8, 4) is 0 Å². The molecule has 2 amide bonds. The molecule has 2 saturated carbocycles. The van der Waals surface area contributed by atoms with E-state index in [2.05, 4.69) is 4.98 Å². The van der Waals surface area contributed by atoms with Gasteiger partial charge >= 0.3 is 6.18 Å². The van der Waals surface area contributed by atoms with E-state index in [0.29, 0.717) is 31.0 Å². The molecule has 5 rings (SSSR count). The van der Waals surface area contributed by atoms with E-state index in [-0.39, 0.29) is 35.4 Å². The maximum Gasteiger partial charge on any atom is 0.419 e. The highest BCUT2D eigenvalue weighted by atomic mass is 19.4. The average molecular weight is 479 g/mol. The normalized spacial score (nSPS) is 26.8. The van der Waals surface area contributed by atoms with Crippen LogP contribution in [0.4, 0.5) is 22.0 Å². The van der Waals surface area contributed by atoms with E-state index in [9.17, 15) is 27.2 Å². The molecule has 34 heavy (non-hydrogen) atoms. The van der Waals surface area contributed by atoms with Crippen LogP contribution in [-0.2, 0) is 11.0 Å². The number of halogens is 5. The summed E-state index contributed by atoms with van der Waals surface area (Å²) in [4.78, 5) is 31.4. The molecule has 0 spiro atoms. The number of pyridine rings is 1. The second kappa shape index (κ2) is 7.48. The van der Waals surface area contributed by atoms with Crippen molar-refractivity contribution in [2.24, 2.45) is 17.6 Å². The number of aryl methyl sites for hydroxylation is 1. The van der Waals surface area contributed by atoms with Gasteiger partial charge in [0, 0.05) is 23.4 Å². The highest BCUT2D eigenvalue weighted by molar-refractivity contribution is 5.99. The third-order valence-corrected chi connectivity index (χ3v) is 7.44. The number of piperidine rings is 1. The molecule has 1 aromatic carbocycles. The summed E-state index contributed by atoms with van der Waals surface area (Å²) in [5, 5.41) is 0. The number of fused-ring (bicyclic) bond motifs is 1. The SMILES string of the molecule is Cc1cc(C(=O)N2C(C(N)=O)CC3CC32[C@@H](c2cc(F)c(C(F)(F)F)cc2F)C2CC2)ccn1. The number of likely N-dealkylation sites (tertiary alicyclic amines) is 1. The fraction of sp³-hybridized carbons (Fsp3) is 0.458. The molecule has 2 heterocycles. The van der Waals surface area contributed by atoms with E-state index in [1.54, 1.807) is 13.0 Å². The molecule has 0 radical (unpaired) electrons. The number of benzene rings is 1. The molecular formula is C24H22F5N3O2. The molecule has 4 atom stereocenters. The number of hydrogen-bond donors (Lipinski definition) is 1. The smallest absolute Gasteiger partial charge is 0.368 e. The van der Waals surface area contributed by atoms with E-state index in [1.165, 1.54) is 17.2 Å². The summed E-state index contributed by atoms with van der Waals surface area (Å²) in [6.07, 6.45) is -1.53. The molecule has 1 aliphatic heterocycles. The molecule has 3 aliphatic rings. The lowest BCUT2D eigenvalue weighted by atomic mass is 9.82. The van der Waals surface area contributed by atoms with E-state index in [0.717, 1.165) is 0 Å². The Balaban J connectivity index is 1.62. The van der Waals surface area contributed by atoms with Gasteiger partial charge < -0.3 is 10.6 Å². The Morgan fingerprint density at radius 1 is 1.18 bits per heavy atom. The lowest BCUT2D eigenvalue weighted by Gasteiger charge is -2.39. The fourth-order valence-corrected chi connectivity index (χ4v) is 5.88. The number of alkyl halides is 3. The molecular weight excluding hydrogens is 457 g/mol. The predicted molar refractivity (Wildman–Crippen MR) is 110 cm³/mol. The molecule has 1 aromatic heterocycles. The second-order valence-corrected chi connectivity index (χ2v) is 9.57. The summed E-state index contributed by atoms with van der Waals surface area (Å²) in [7, 11) is 0. The van der Waals surface area contributed by atoms with Gasteiger partial charge in [-0.1, -0.05) is 0 Å². The number of carbonyl (C=O) groups is 2. The Labute approximate surface area is 192 Å². The van der Waals surface area contributed by atoms with Crippen LogP contribution in [0.5, 0.6) is 0 Å². The third kappa shape index (κ3) is 3.45. The van der Waals surface area contributed by atoms with Crippen LogP contribution in [0.25, 0.3) is 0 Å². The summed E-state index contributed by atoms with van der Waals surface area (Å²) in [6.45, 7) is 1.70. The standard InChI is InChI=1S/C24H22F5N3O2/c1-11-6-13(4-5-31-11)22(34)32-19(21(30)33)7-14-10-23(14,32)20(12-2-3-12)15-8-18(26)16(9-17(15)25)24(27,28)29/h4-6,8-9,12,14,19-20H,2-3,7,10H2,1H3,(H2,30,33)/t14?,19?,20-,23?/m1/s1. The maximum absolute atomic E-state index is 15.1. The highest BCUT2D eigenvalue weighted by Gasteiger charge is 2.73. The first-order valence-corrected chi connectivity index (χ1v) is 11.1. The number of aromatic nitrogens is 1. The van der Waals surface area contributed by atoms with E-state index < -0.39 is 52.7 Å². The Morgan fingerprint density at radius 3 is 2.47 bits per heavy atom. The van der Waals surface area contributed by atoms with Crippen LogP contribution in [0.3, 0.4) is 0 Å². The van der Waals surface area contributed by atoms with Crippen LogP contribution in [0.2, 0.25) is 0 Å². The van der Waals surface area contributed by atoms with Gasteiger partial charge in [-0.15, -0.1) is 0 Å². The molecule has 0 bridgehead atoms. The van der Waals surface area contributed by atoms with Crippen LogP contribution in [-0.4, -0.2) is 33.3 Å². The van der Waals surface area contributed by atoms with Crippen molar-refractivity contribution in [1.29, 1.82) is 0 Å². The zero-order chi connectivity index (χ0) is 24.6. The van der Waals surface area contributed by atoms with Gasteiger partial charge in [-0.25, -0.2) is 8.78 Å². The van der Waals surface area contributed by atoms with E-state index in [1.807, 2.05) is 0 Å². The predicted octanol–water partition coefficient (Wildman–Crippen LogP) is 4.34. The molecule has 3 unspecified atom stereocenters. The van der Waals surface area contributed by atoms with Gasteiger partial charge in [0.05, 0.1) is 11.1 Å². The summed E-state index contributed by atoms with van der Waals surface area (Å²) < 4.78 is 69.0. The highest BCUT2D eigenvalue weighted by Crippen LogP contribution is 2.69. The minimum atomic E-state index is -5.04. The van der Waals surface area contributed by atoms with Gasteiger partial charge in [-0.2, -0.15) is 13.2 Å². The topological polar surface area (TPSA) is 76.3 Å². The van der Waals surface area contributed by atoms with Crippen molar-refractivity contribution in [2.45, 2.75) is 56.3 Å².